The number of aliphatic hydroxyl groups excluding tert-OH is 2. The van der Waals surface area contributed by atoms with Gasteiger partial charge in [0.2, 0.25) is 0 Å². The van der Waals surface area contributed by atoms with Crippen molar-refractivity contribution in [1.82, 2.24) is 0 Å². The largest absolute Gasteiger partial charge is 0.497 e. The number of benzene rings is 1. The van der Waals surface area contributed by atoms with Gasteiger partial charge in [-0.15, -0.1) is 0 Å². The molecule has 1 aromatic rings. The lowest BCUT2D eigenvalue weighted by atomic mass is 10.0. The normalized spacial score (nSPS) is 14.5. The molecule has 0 spiro atoms. The van der Waals surface area contributed by atoms with Crippen LogP contribution in [0.5, 0.6) is 5.75 Å². The molecule has 2 unspecified atom stereocenters. The van der Waals surface area contributed by atoms with E-state index in [1.54, 1.807) is 7.11 Å². The Bertz CT molecular complexity index is 312. The fourth-order valence-electron chi connectivity index (χ4n) is 1.67. The summed E-state index contributed by atoms with van der Waals surface area (Å²) in [7, 11) is 1.61. The molecule has 0 saturated heterocycles. The van der Waals surface area contributed by atoms with Gasteiger partial charge in [0.05, 0.1) is 19.3 Å². The van der Waals surface area contributed by atoms with Gasteiger partial charge in [0.25, 0.3) is 0 Å². The van der Waals surface area contributed by atoms with Gasteiger partial charge in [-0.25, -0.2) is 0 Å². The molecule has 0 aliphatic carbocycles. The third-order valence-electron chi connectivity index (χ3n) is 2.61. The zero-order chi connectivity index (χ0) is 12.0. The molecule has 0 radical (unpaired) electrons. The summed E-state index contributed by atoms with van der Waals surface area (Å²) in [4.78, 5) is 0. The predicted molar refractivity (Wildman–Crippen MR) is 63.6 cm³/mol. The fourth-order valence-corrected chi connectivity index (χ4v) is 1.67. The summed E-state index contributed by atoms with van der Waals surface area (Å²) in [5.41, 5.74) is 0.974. The van der Waals surface area contributed by atoms with Crippen LogP contribution in [0.1, 0.15) is 25.3 Å². The van der Waals surface area contributed by atoms with Crippen molar-refractivity contribution in [2.75, 3.05) is 7.11 Å². The van der Waals surface area contributed by atoms with E-state index in [-0.39, 0.29) is 0 Å². The Kier molecular flexibility index (Phi) is 5.29. The summed E-state index contributed by atoms with van der Waals surface area (Å²) in [6, 6.07) is 7.54. The van der Waals surface area contributed by atoms with Crippen molar-refractivity contribution >= 4 is 0 Å². The average Bonchev–Trinajstić information content (AvgIpc) is 2.29. The van der Waals surface area contributed by atoms with Crippen molar-refractivity contribution in [3.8, 4) is 5.75 Å². The van der Waals surface area contributed by atoms with E-state index in [2.05, 4.69) is 0 Å². The van der Waals surface area contributed by atoms with Gasteiger partial charge in [0.15, 0.2) is 0 Å². The fraction of sp³-hybridized carbons (Fsp3) is 0.538. The zero-order valence-corrected chi connectivity index (χ0v) is 9.89. The highest BCUT2D eigenvalue weighted by atomic mass is 16.5. The summed E-state index contributed by atoms with van der Waals surface area (Å²) >= 11 is 0. The number of aliphatic hydroxyl groups is 2. The van der Waals surface area contributed by atoms with Crippen molar-refractivity contribution in [1.29, 1.82) is 0 Å². The van der Waals surface area contributed by atoms with Gasteiger partial charge < -0.3 is 14.9 Å². The van der Waals surface area contributed by atoms with Gasteiger partial charge in [-0.3, -0.25) is 0 Å². The molecule has 1 aromatic carbocycles. The van der Waals surface area contributed by atoms with E-state index in [0.717, 1.165) is 17.7 Å². The summed E-state index contributed by atoms with van der Waals surface area (Å²) in [6.07, 6.45) is 0.614. The highest BCUT2D eigenvalue weighted by molar-refractivity contribution is 5.28. The molecule has 2 atom stereocenters. The lowest BCUT2D eigenvalue weighted by Gasteiger charge is -2.17. The first kappa shape index (κ1) is 13.0. The second-order valence-electron chi connectivity index (χ2n) is 3.98. The molecule has 0 amide bonds. The minimum atomic E-state index is -0.702. The van der Waals surface area contributed by atoms with Gasteiger partial charge in [-0.1, -0.05) is 25.5 Å². The summed E-state index contributed by atoms with van der Waals surface area (Å²) in [5, 5.41) is 19.4. The van der Waals surface area contributed by atoms with Crippen molar-refractivity contribution in [3.63, 3.8) is 0 Å². The summed E-state index contributed by atoms with van der Waals surface area (Å²) in [5.74, 6) is 0.773. The number of hydrogen-bond donors (Lipinski definition) is 2. The molecule has 90 valence electrons. The van der Waals surface area contributed by atoms with Crippen molar-refractivity contribution in [2.45, 2.75) is 38.4 Å². The molecule has 0 bridgehead atoms. The van der Waals surface area contributed by atoms with Gasteiger partial charge in [0.1, 0.15) is 5.75 Å². The van der Waals surface area contributed by atoms with Crippen molar-refractivity contribution < 1.29 is 14.9 Å². The highest BCUT2D eigenvalue weighted by Gasteiger charge is 2.15. The van der Waals surface area contributed by atoms with Crippen LogP contribution in [0.25, 0.3) is 0 Å². The van der Waals surface area contributed by atoms with Crippen LogP contribution in [0.4, 0.5) is 0 Å². The first-order valence-electron chi connectivity index (χ1n) is 5.66. The van der Waals surface area contributed by atoms with Crippen molar-refractivity contribution in [2.24, 2.45) is 0 Å². The maximum absolute atomic E-state index is 9.78. The predicted octanol–water partition coefficient (Wildman–Crippen LogP) is 1.76. The van der Waals surface area contributed by atoms with Gasteiger partial charge in [-0.2, -0.15) is 0 Å². The summed E-state index contributed by atoms with van der Waals surface area (Å²) in [6.45, 7) is 1.99. The third-order valence-corrected chi connectivity index (χ3v) is 2.61. The smallest absolute Gasteiger partial charge is 0.119 e. The molecule has 0 aliphatic rings. The second kappa shape index (κ2) is 6.51. The molecule has 3 nitrogen and oxygen atoms in total. The van der Waals surface area contributed by atoms with E-state index < -0.39 is 12.2 Å². The van der Waals surface area contributed by atoms with E-state index in [1.807, 2.05) is 31.2 Å². The van der Waals surface area contributed by atoms with Crippen LogP contribution < -0.4 is 4.74 Å². The Balaban J connectivity index is 2.58. The topological polar surface area (TPSA) is 49.7 Å². The lowest BCUT2D eigenvalue weighted by molar-refractivity contribution is 0.0148. The Morgan fingerprint density at radius 2 is 2.00 bits per heavy atom. The number of rotatable bonds is 6. The van der Waals surface area contributed by atoms with Crippen LogP contribution in [0.3, 0.4) is 0 Å². The minimum Gasteiger partial charge on any atom is -0.497 e. The van der Waals surface area contributed by atoms with E-state index in [9.17, 15) is 10.2 Å². The molecule has 3 heteroatoms. The Labute approximate surface area is 96.7 Å². The summed E-state index contributed by atoms with van der Waals surface area (Å²) < 4.78 is 5.10. The minimum absolute atomic E-state index is 0.457. The maximum Gasteiger partial charge on any atom is 0.119 e. The van der Waals surface area contributed by atoms with Crippen molar-refractivity contribution in [3.05, 3.63) is 29.8 Å². The van der Waals surface area contributed by atoms with E-state index in [0.29, 0.717) is 12.8 Å². The monoisotopic (exact) mass is 224 g/mol. The number of methoxy groups -OCH3 is 1. The molecule has 0 fully saturated rings. The van der Waals surface area contributed by atoms with Gasteiger partial charge in [0, 0.05) is 6.42 Å². The van der Waals surface area contributed by atoms with Crippen LogP contribution in [0.2, 0.25) is 0 Å². The maximum atomic E-state index is 9.78. The van der Waals surface area contributed by atoms with Crippen LogP contribution in [-0.2, 0) is 6.42 Å². The Morgan fingerprint density at radius 1 is 1.25 bits per heavy atom. The highest BCUT2D eigenvalue weighted by Crippen LogP contribution is 2.15. The Hall–Kier alpha value is -1.06. The average molecular weight is 224 g/mol. The lowest BCUT2D eigenvalue weighted by Crippen LogP contribution is -2.27. The quantitative estimate of drug-likeness (QED) is 0.774. The van der Waals surface area contributed by atoms with Gasteiger partial charge in [-0.05, 0) is 24.1 Å². The molecule has 16 heavy (non-hydrogen) atoms. The van der Waals surface area contributed by atoms with Gasteiger partial charge >= 0.3 is 0 Å². The molecular formula is C13H20O3. The first-order valence-corrected chi connectivity index (χ1v) is 5.66. The van der Waals surface area contributed by atoms with Crippen LogP contribution >= 0.6 is 0 Å². The standard InChI is InChI=1S/C13H20O3/c1-3-5-12(14)13(15)9-10-6-4-7-11(8-10)16-2/h4,6-8,12-15H,3,5,9H2,1-2H3. The SMILES string of the molecule is CCCC(O)C(O)Cc1cccc(OC)c1. The number of ether oxygens (including phenoxy) is 1. The van der Waals surface area contributed by atoms with Crippen LogP contribution in [-0.4, -0.2) is 29.5 Å². The molecule has 0 aromatic heterocycles. The molecule has 1 rings (SSSR count). The second-order valence-corrected chi connectivity index (χ2v) is 3.98. The van der Waals surface area contributed by atoms with E-state index >= 15 is 0 Å². The molecular weight excluding hydrogens is 204 g/mol. The molecule has 2 N–H and O–H groups in total. The first-order chi connectivity index (χ1) is 7.67. The Morgan fingerprint density at radius 3 is 2.62 bits per heavy atom. The van der Waals surface area contributed by atoms with E-state index in [1.165, 1.54) is 0 Å². The van der Waals surface area contributed by atoms with E-state index in [4.69, 9.17) is 4.74 Å². The zero-order valence-electron chi connectivity index (χ0n) is 9.89. The number of hydrogen-bond acceptors (Lipinski definition) is 3. The van der Waals surface area contributed by atoms with Crippen LogP contribution in [0, 0.1) is 0 Å². The molecule has 0 heterocycles. The third kappa shape index (κ3) is 3.83. The molecule has 0 saturated carbocycles. The molecule has 0 aliphatic heterocycles. The van der Waals surface area contributed by atoms with Crippen LogP contribution in [0.15, 0.2) is 24.3 Å².